The van der Waals surface area contributed by atoms with Gasteiger partial charge in [0.25, 0.3) is 0 Å². The van der Waals surface area contributed by atoms with Crippen LogP contribution in [0.15, 0.2) is 158 Å². The third kappa shape index (κ3) is 8.29. The van der Waals surface area contributed by atoms with Crippen LogP contribution >= 0.6 is 0 Å². The summed E-state index contributed by atoms with van der Waals surface area (Å²) in [6.45, 7) is 1.15. The molecule has 8 nitrogen and oxygen atoms in total. The van der Waals surface area contributed by atoms with Gasteiger partial charge in [-0.05, 0) is 83.9 Å². The van der Waals surface area contributed by atoms with Gasteiger partial charge in [-0.2, -0.15) is 0 Å². The minimum absolute atomic E-state index is 0.0398. The van der Waals surface area contributed by atoms with E-state index in [1.807, 2.05) is 78.9 Å². The lowest BCUT2D eigenvalue weighted by atomic mass is 10.0. The zero-order valence-electron chi connectivity index (χ0n) is 27.8. The molecule has 0 atom stereocenters. The van der Waals surface area contributed by atoms with E-state index >= 15 is 0 Å². The molecule has 0 fully saturated rings. The second-order valence-electron chi connectivity index (χ2n) is 11.2. The van der Waals surface area contributed by atoms with Crippen molar-refractivity contribution in [2.24, 2.45) is 0 Å². The van der Waals surface area contributed by atoms with E-state index in [0.29, 0.717) is 5.75 Å². The Morgan fingerprint density at radius 1 is 0.480 bits per heavy atom. The molecule has 6 aromatic rings. The third-order valence-corrected chi connectivity index (χ3v) is 7.81. The van der Waals surface area contributed by atoms with Gasteiger partial charge in [-0.25, -0.2) is 4.79 Å². The SMILES string of the molecule is COc1cccc(N(c2ccccc2)c2ccc(-c3ccc(N(c4ccccc4)c4cccc(OC(=O)OCCOC(C)=O)c4)cc3)cc2)c1. The van der Waals surface area contributed by atoms with Crippen LogP contribution in [0.2, 0.25) is 0 Å². The van der Waals surface area contributed by atoms with E-state index in [2.05, 4.69) is 76.5 Å². The number of methoxy groups -OCH3 is 1. The lowest BCUT2D eigenvalue weighted by molar-refractivity contribution is -0.142. The Bertz CT molecular complexity index is 2020. The predicted molar refractivity (Wildman–Crippen MR) is 196 cm³/mol. The summed E-state index contributed by atoms with van der Waals surface area (Å²) in [5.41, 5.74) is 7.86. The van der Waals surface area contributed by atoms with E-state index < -0.39 is 12.1 Å². The highest BCUT2D eigenvalue weighted by molar-refractivity contribution is 5.81. The number of ether oxygens (including phenoxy) is 4. The van der Waals surface area contributed by atoms with Crippen molar-refractivity contribution in [2.45, 2.75) is 6.92 Å². The van der Waals surface area contributed by atoms with Crippen LogP contribution in [0.3, 0.4) is 0 Å². The molecule has 50 heavy (non-hydrogen) atoms. The van der Waals surface area contributed by atoms with E-state index in [9.17, 15) is 9.59 Å². The molecule has 0 N–H and O–H groups in total. The maximum absolute atomic E-state index is 12.3. The van der Waals surface area contributed by atoms with Gasteiger partial charge in [-0.1, -0.05) is 72.8 Å². The number of nitrogens with zero attached hydrogens (tertiary/aromatic N) is 2. The summed E-state index contributed by atoms with van der Waals surface area (Å²) in [5.74, 6) is 0.660. The minimum Gasteiger partial charge on any atom is -0.497 e. The van der Waals surface area contributed by atoms with E-state index in [1.54, 1.807) is 19.2 Å². The molecular formula is C42H36N2O6. The van der Waals surface area contributed by atoms with E-state index in [-0.39, 0.29) is 13.2 Å². The maximum atomic E-state index is 12.3. The Hall–Kier alpha value is -6.54. The Kier molecular flexibility index (Phi) is 10.7. The molecule has 0 aromatic heterocycles. The average Bonchev–Trinajstić information content (AvgIpc) is 3.15. The number of hydrogen-bond acceptors (Lipinski definition) is 8. The molecule has 250 valence electrons. The summed E-state index contributed by atoms with van der Waals surface area (Å²) in [4.78, 5) is 27.5. The van der Waals surface area contributed by atoms with Crippen molar-refractivity contribution < 1.29 is 28.5 Å². The highest BCUT2D eigenvalue weighted by Gasteiger charge is 2.16. The van der Waals surface area contributed by atoms with Crippen molar-refractivity contribution >= 4 is 46.2 Å². The van der Waals surface area contributed by atoms with Gasteiger partial charge in [-0.3, -0.25) is 4.79 Å². The first kappa shape index (κ1) is 33.4. The molecule has 0 aliphatic heterocycles. The lowest BCUT2D eigenvalue weighted by Crippen LogP contribution is -2.16. The van der Waals surface area contributed by atoms with Crippen LogP contribution in [0, 0.1) is 0 Å². The standard InChI is InChI=1S/C42H36N2O6/c1-31(45)48-27-28-49-42(46)50-41-18-10-16-39(30-41)44(35-13-7-4-8-14-35)37-25-21-33(22-26-37)32-19-23-36(24-20-32)43(34-11-5-3-6-12-34)38-15-9-17-40(29-38)47-2/h3-26,29-30H,27-28H2,1-2H3. The van der Waals surface area contributed by atoms with Gasteiger partial charge in [0, 0.05) is 53.2 Å². The van der Waals surface area contributed by atoms with Crippen molar-refractivity contribution in [1.29, 1.82) is 0 Å². The molecule has 0 aliphatic carbocycles. The molecule has 0 bridgehead atoms. The number of rotatable bonds is 12. The molecule has 0 aliphatic rings. The first-order valence-corrected chi connectivity index (χ1v) is 16.1. The molecule has 0 unspecified atom stereocenters. The Morgan fingerprint density at radius 2 is 0.900 bits per heavy atom. The third-order valence-electron chi connectivity index (χ3n) is 7.81. The molecule has 0 saturated carbocycles. The molecule has 0 heterocycles. The maximum Gasteiger partial charge on any atom is 0.513 e. The van der Waals surface area contributed by atoms with Gasteiger partial charge in [0.2, 0.25) is 0 Å². The van der Waals surface area contributed by atoms with Gasteiger partial charge in [0.1, 0.15) is 24.7 Å². The average molecular weight is 665 g/mol. The zero-order chi connectivity index (χ0) is 34.7. The van der Waals surface area contributed by atoms with Gasteiger partial charge < -0.3 is 28.7 Å². The highest BCUT2D eigenvalue weighted by Crippen LogP contribution is 2.39. The largest absolute Gasteiger partial charge is 0.513 e. The summed E-state index contributed by atoms with van der Waals surface area (Å²) in [5, 5.41) is 0. The Morgan fingerprint density at radius 3 is 1.38 bits per heavy atom. The van der Waals surface area contributed by atoms with Crippen LogP contribution in [0.4, 0.5) is 38.9 Å². The number of anilines is 6. The van der Waals surface area contributed by atoms with Gasteiger partial charge >= 0.3 is 12.1 Å². The molecule has 0 radical (unpaired) electrons. The van der Waals surface area contributed by atoms with Crippen LogP contribution in [-0.2, 0) is 14.3 Å². The van der Waals surface area contributed by atoms with E-state index in [1.165, 1.54) is 6.92 Å². The minimum atomic E-state index is -0.883. The molecule has 8 heteroatoms. The number of hydrogen-bond donors (Lipinski definition) is 0. The van der Waals surface area contributed by atoms with Crippen LogP contribution in [0.1, 0.15) is 6.92 Å². The molecule has 0 amide bonds. The zero-order valence-corrected chi connectivity index (χ0v) is 27.8. The fraction of sp³-hybridized carbons (Fsp3) is 0.0952. The van der Waals surface area contributed by atoms with Gasteiger partial charge in [0.15, 0.2) is 0 Å². The number of carbonyl (C=O) groups excluding carboxylic acids is 2. The Balaban J connectivity index is 1.24. The summed E-state index contributed by atoms with van der Waals surface area (Å²) in [7, 11) is 1.67. The quantitative estimate of drug-likeness (QED) is 0.0727. The molecule has 0 spiro atoms. The fourth-order valence-corrected chi connectivity index (χ4v) is 5.53. The van der Waals surface area contributed by atoms with Gasteiger partial charge in [0.05, 0.1) is 7.11 Å². The summed E-state index contributed by atoms with van der Waals surface area (Å²) in [6.07, 6.45) is -0.883. The topological polar surface area (TPSA) is 77.5 Å². The van der Waals surface area contributed by atoms with E-state index in [4.69, 9.17) is 18.9 Å². The number of carbonyl (C=O) groups is 2. The molecular weight excluding hydrogens is 628 g/mol. The summed E-state index contributed by atoms with van der Waals surface area (Å²) >= 11 is 0. The second-order valence-corrected chi connectivity index (χ2v) is 11.2. The van der Waals surface area contributed by atoms with Crippen molar-refractivity contribution in [2.75, 3.05) is 30.1 Å². The van der Waals surface area contributed by atoms with Crippen LogP contribution in [0.25, 0.3) is 11.1 Å². The molecule has 6 rings (SSSR count). The van der Waals surface area contributed by atoms with E-state index in [0.717, 1.165) is 51.0 Å². The first-order valence-electron chi connectivity index (χ1n) is 16.1. The van der Waals surface area contributed by atoms with Crippen molar-refractivity contribution in [3.8, 4) is 22.6 Å². The highest BCUT2D eigenvalue weighted by atomic mass is 16.7. The van der Waals surface area contributed by atoms with Crippen LogP contribution < -0.4 is 19.3 Å². The summed E-state index contributed by atoms with van der Waals surface area (Å²) in [6, 6.07) is 52.3. The van der Waals surface area contributed by atoms with Crippen molar-refractivity contribution in [1.82, 2.24) is 0 Å². The number of benzene rings is 6. The smallest absolute Gasteiger partial charge is 0.497 e. The van der Waals surface area contributed by atoms with Crippen LogP contribution in [0.5, 0.6) is 11.5 Å². The molecule has 0 saturated heterocycles. The monoisotopic (exact) mass is 664 g/mol. The predicted octanol–water partition coefficient (Wildman–Crippen LogP) is 10.4. The van der Waals surface area contributed by atoms with Gasteiger partial charge in [-0.15, -0.1) is 0 Å². The summed E-state index contributed by atoms with van der Waals surface area (Å²) < 4.78 is 20.8. The normalized spacial score (nSPS) is 10.5. The van der Waals surface area contributed by atoms with Crippen molar-refractivity contribution in [3.63, 3.8) is 0 Å². The molecule has 6 aromatic carbocycles. The van der Waals surface area contributed by atoms with Crippen LogP contribution in [-0.4, -0.2) is 32.4 Å². The number of esters is 1. The Labute approximate surface area is 291 Å². The second kappa shape index (κ2) is 16.0. The van der Waals surface area contributed by atoms with Crippen molar-refractivity contribution in [3.05, 3.63) is 158 Å². The lowest BCUT2D eigenvalue weighted by Gasteiger charge is -2.26. The fourth-order valence-electron chi connectivity index (χ4n) is 5.53. The first-order chi connectivity index (χ1) is 24.5. The number of para-hydroxylation sites is 2.